The van der Waals surface area contributed by atoms with Crippen molar-refractivity contribution < 1.29 is 9.59 Å². The fourth-order valence-corrected chi connectivity index (χ4v) is 4.81. The van der Waals surface area contributed by atoms with Crippen LogP contribution < -0.4 is 4.90 Å². The van der Waals surface area contributed by atoms with Crippen LogP contribution >= 0.6 is 0 Å². The van der Waals surface area contributed by atoms with Crippen molar-refractivity contribution in [3.05, 3.63) is 42.0 Å². The summed E-state index contributed by atoms with van der Waals surface area (Å²) >= 11 is 0. The van der Waals surface area contributed by atoms with Crippen LogP contribution in [0, 0.1) is 0 Å². The number of hydrogen-bond acceptors (Lipinski definition) is 5. The van der Waals surface area contributed by atoms with E-state index in [1.54, 1.807) is 0 Å². The molecule has 1 atom stereocenters. The summed E-state index contributed by atoms with van der Waals surface area (Å²) in [4.78, 5) is 36.3. The van der Waals surface area contributed by atoms with Crippen LogP contribution in [0.25, 0.3) is 0 Å². The minimum absolute atomic E-state index is 0.0731. The summed E-state index contributed by atoms with van der Waals surface area (Å²) in [6, 6.07) is 10.3. The molecule has 1 aromatic heterocycles. The quantitative estimate of drug-likeness (QED) is 0.752. The van der Waals surface area contributed by atoms with E-state index in [-0.39, 0.29) is 30.6 Å². The minimum atomic E-state index is 0.0731. The Balaban J connectivity index is 1.07. The van der Waals surface area contributed by atoms with Gasteiger partial charge in [-0.05, 0) is 37.8 Å². The molecule has 1 aliphatic carbocycles. The second-order valence-electron chi connectivity index (χ2n) is 9.24. The predicted molar refractivity (Wildman–Crippen MR) is 121 cm³/mol. The van der Waals surface area contributed by atoms with Crippen molar-refractivity contribution >= 4 is 17.5 Å². The van der Waals surface area contributed by atoms with E-state index in [9.17, 15) is 9.59 Å². The van der Waals surface area contributed by atoms with Gasteiger partial charge in [-0.1, -0.05) is 18.2 Å². The fourth-order valence-electron chi connectivity index (χ4n) is 4.81. The topological polar surface area (TPSA) is 85.4 Å². The van der Waals surface area contributed by atoms with E-state index < -0.39 is 0 Å². The molecule has 2 saturated heterocycles. The normalized spacial score (nSPS) is 21.6. The summed E-state index contributed by atoms with van der Waals surface area (Å²) < 4.78 is 0. The summed E-state index contributed by atoms with van der Waals surface area (Å²) in [5.41, 5.74) is 1.20. The average Bonchev–Trinajstić information content (AvgIpc) is 3.59. The lowest BCUT2D eigenvalue weighted by Gasteiger charge is -2.36. The number of para-hydroxylation sites is 1. The molecule has 32 heavy (non-hydrogen) atoms. The number of amides is 2. The van der Waals surface area contributed by atoms with Gasteiger partial charge >= 0.3 is 0 Å². The van der Waals surface area contributed by atoms with Crippen molar-refractivity contribution in [1.29, 1.82) is 0 Å². The molecular formula is C24H32N6O2. The van der Waals surface area contributed by atoms with Crippen LogP contribution in [0.15, 0.2) is 30.3 Å². The zero-order valence-corrected chi connectivity index (χ0v) is 18.6. The molecule has 3 heterocycles. The number of carbonyl (C=O) groups is 2. The van der Waals surface area contributed by atoms with Crippen LogP contribution in [0.3, 0.4) is 0 Å². The van der Waals surface area contributed by atoms with Crippen LogP contribution in [0.2, 0.25) is 0 Å². The van der Waals surface area contributed by atoms with Gasteiger partial charge in [0.1, 0.15) is 5.82 Å². The van der Waals surface area contributed by atoms with Gasteiger partial charge in [-0.25, -0.2) is 4.98 Å². The first-order valence-electron chi connectivity index (χ1n) is 11.9. The fraction of sp³-hybridized carbons (Fsp3) is 0.583. The number of piperidine rings is 1. The summed E-state index contributed by atoms with van der Waals surface area (Å²) in [6.07, 6.45) is 4.93. The number of nitrogens with one attached hydrogen (secondary N) is 1. The summed E-state index contributed by atoms with van der Waals surface area (Å²) in [6.45, 7) is 4.50. The molecule has 2 amide bonds. The lowest BCUT2D eigenvalue weighted by atomic mass is 9.97. The number of piperazine rings is 1. The molecule has 3 aliphatic rings. The molecule has 0 spiro atoms. The van der Waals surface area contributed by atoms with Crippen molar-refractivity contribution in [2.45, 2.75) is 50.4 Å². The Labute approximate surface area is 189 Å². The van der Waals surface area contributed by atoms with Gasteiger partial charge in [-0.15, -0.1) is 0 Å². The molecule has 170 valence electrons. The molecule has 1 N–H and O–H groups in total. The number of benzene rings is 1. The third-order valence-corrected chi connectivity index (χ3v) is 6.93. The number of carbonyl (C=O) groups excluding carboxylic acids is 2. The van der Waals surface area contributed by atoms with Crippen molar-refractivity contribution in [3.8, 4) is 0 Å². The van der Waals surface area contributed by atoms with E-state index in [2.05, 4.69) is 32.2 Å². The Morgan fingerprint density at radius 3 is 2.31 bits per heavy atom. The minimum Gasteiger partial charge on any atom is -0.368 e. The molecule has 1 aromatic carbocycles. The van der Waals surface area contributed by atoms with E-state index >= 15 is 0 Å². The van der Waals surface area contributed by atoms with Gasteiger partial charge in [-0.3, -0.25) is 14.7 Å². The molecular weight excluding hydrogens is 404 g/mol. The second kappa shape index (κ2) is 9.30. The Hall–Kier alpha value is -2.90. The van der Waals surface area contributed by atoms with Gasteiger partial charge in [0.15, 0.2) is 5.82 Å². The lowest BCUT2D eigenvalue weighted by molar-refractivity contribution is -0.137. The predicted octanol–water partition coefficient (Wildman–Crippen LogP) is 2.52. The third kappa shape index (κ3) is 4.79. The van der Waals surface area contributed by atoms with Gasteiger partial charge in [0.2, 0.25) is 11.8 Å². The van der Waals surface area contributed by atoms with Gasteiger partial charge in [0.25, 0.3) is 0 Å². The number of rotatable bonds is 6. The monoisotopic (exact) mass is 436 g/mol. The van der Waals surface area contributed by atoms with E-state index in [4.69, 9.17) is 0 Å². The summed E-state index contributed by atoms with van der Waals surface area (Å²) in [7, 11) is 0. The molecule has 2 aromatic rings. The van der Waals surface area contributed by atoms with Gasteiger partial charge in [-0.2, -0.15) is 5.10 Å². The molecule has 5 rings (SSSR count). The van der Waals surface area contributed by atoms with Gasteiger partial charge in [0, 0.05) is 69.6 Å². The van der Waals surface area contributed by atoms with Crippen molar-refractivity contribution in [2.24, 2.45) is 0 Å². The van der Waals surface area contributed by atoms with E-state index in [0.29, 0.717) is 25.6 Å². The maximum absolute atomic E-state index is 12.8. The molecule has 8 heteroatoms. The lowest BCUT2D eigenvalue weighted by Crippen LogP contribution is -2.49. The number of nitrogens with zero attached hydrogens (tertiary/aromatic N) is 5. The van der Waals surface area contributed by atoms with E-state index in [0.717, 1.165) is 44.1 Å². The number of aromatic nitrogens is 3. The maximum atomic E-state index is 12.8. The van der Waals surface area contributed by atoms with E-state index in [1.165, 1.54) is 18.5 Å². The number of H-pyrrole nitrogens is 1. The SMILES string of the molecule is O=C(CCC(=O)N1CCCC(c2n[nH]c(C3CC3)n2)C1)N1CCN(c2ccccc2)CC1. The first kappa shape index (κ1) is 21.0. The van der Waals surface area contributed by atoms with Crippen molar-refractivity contribution in [1.82, 2.24) is 25.0 Å². The summed E-state index contributed by atoms with van der Waals surface area (Å²) in [5.74, 6) is 2.75. The van der Waals surface area contributed by atoms with Crippen LogP contribution in [0.4, 0.5) is 5.69 Å². The molecule has 3 fully saturated rings. The van der Waals surface area contributed by atoms with Crippen LogP contribution in [-0.4, -0.2) is 76.1 Å². The second-order valence-corrected chi connectivity index (χ2v) is 9.24. The molecule has 1 saturated carbocycles. The van der Waals surface area contributed by atoms with Gasteiger partial charge in [0.05, 0.1) is 0 Å². The highest BCUT2D eigenvalue weighted by molar-refractivity contribution is 5.84. The van der Waals surface area contributed by atoms with Crippen LogP contribution in [-0.2, 0) is 9.59 Å². The third-order valence-electron chi connectivity index (χ3n) is 6.93. The molecule has 1 unspecified atom stereocenters. The average molecular weight is 437 g/mol. The smallest absolute Gasteiger partial charge is 0.223 e. The number of hydrogen-bond donors (Lipinski definition) is 1. The standard InChI is InChI=1S/C24H32N6O2/c31-21(29-15-13-28(14-16-29)20-6-2-1-3-7-20)10-11-22(32)30-12-4-5-19(17-30)24-25-23(26-27-24)18-8-9-18/h1-3,6-7,18-19H,4-5,8-17H2,(H,25,26,27). The highest BCUT2D eigenvalue weighted by Crippen LogP contribution is 2.38. The Kier molecular flexibility index (Phi) is 6.10. The Bertz CT molecular complexity index is 933. The van der Waals surface area contributed by atoms with Crippen LogP contribution in [0.5, 0.6) is 0 Å². The van der Waals surface area contributed by atoms with Crippen molar-refractivity contribution in [3.63, 3.8) is 0 Å². The largest absolute Gasteiger partial charge is 0.368 e. The maximum Gasteiger partial charge on any atom is 0.223 e. The highest BCUT2D eigenvalue weighted by Gasteiger charge is 2.31. The molecule has 2 aliphatic heterocycles. The first-order chi connectivity index (χ1) is 15.7. The highest BCUT2D eigenvalue weighted by atomic mass is 16.2. The zero-order valence-electron chi connectivity index (χ0n) is 18.6. The Morgan fingerprint density at radius 1 is 0.875 bits per heavy atom. The number of likely N-dealkylation sites (tertiary alicyclic amines) is 1. The van der Waals surface area contributed by atoms with Crippen LogP contribution in [0.1, 0.15) is 62.0 Å². The molecule has 8 nitrogen and oxygen atoms in total. The summed E-state index contributed by atoms with van der Waals surface area (Å²) in [5, 5.41) is 7.50. The number of anilines is 1. The van der Waals surface area contributed by atoms with Gasteiger partial charge < -0.3 is 14.7 Å². The number of aromatic amines is 1. The Morgan fingerprint density at radius 2 is 1.59 bits per heavy atom. The first-order valence-corrected chi connectivity index (χ1v) is 11.9. The van der Waals surface area contributed by atoms with Crippen molar-refractivity contribution in [2.75, 3.05) is 44.2 Å². The zero-order chi connectivity index (χ0) is 21.9. The molecule has 0 radical (unpaired) electrons. The van der Waals surface area contributed by atoms with E-state index in [1.807, 2.05) is 28.0 Å². The molecule has 0 bridgehead atoms.